The summed E-state index contributed by atoms with van der Waals surface area (Å²) in [5, 5.41) is 2.91. The highest BCUT2D eigenvalue weighted by atomic mass is 35.5. The first-order valence-corrected chi connectivity index (χ1v) is 9.60. The summed E-state index contributed by atoms with van der Waals surface area (Å²) in [4.78, 5) is 26.4. The molecule has 2 rings (SSSR count). The average Bonchev–Trinajstić information content (AvgIpc) is 2.67. The molecule has 7 heteroatoms. The first-order valence-electron chi connectivity index (χ1n) is 9.60. The molecule has 1 aliphatic heterocycles. The highest BCUT2D eigenvalue weighted by Gasteiger charge is 2.26. The van der Waals surface area contributed by atoms with E-state index in [-0.39, 0.29) is 36.0 Å². The van der Waals surface area contributed by atoms with Gasteiger partial charge in [0.05, 0.1) is 0 Å². The Morgan fingerprint density at radius 3 is 2.33 bits per heavy atom. The fraction of sp³-hybridized carbons (Fsp3) is 0.600. The van der Waals surface area contributed by atoms with Crippen LogP contribution >= 0.6 is 12.4 Å². The van der Waals surface area contributed by atoms with Crippen molar-refractivity contribution in [2.75, 3.05) is 19.6 Å². The summed E-state index contributed by atoms with van der Waals surface area (Å²) >= 11 is 0. The molecule has 0 aromatic heterocycles. The number of unbranched alkanes of at least 4 members (excludes halogenated alkanes) is 3. The third-order valence-electron chi connectivity index (χ3n) is 4.94. The lowest BCUT2D eigenvalue weighted by Crippen LogP contribution is -2.42. The largest absolute Gasteiger partial charge is 0.352 e. The van der Waals surface area contributed by atoms with Crippen molar-refractivity contribution in [3.63, 3.8) is 0 Å². The van der Waals surface area contributed by atoms with E-state index in [1.54, 1.807) is 12.1 Å². The molecule has 1 saturated heterocycles. The van der Waals surface area contributed by atoms with Gasteiger partial charge in [-0.25, -0.2) is 4.39 Å². The van der Waals surface area contributed by atoms with Gasteiger partial charge in [0.25, 0.3) is 0 Å². The molecule has 2 amide bonds. The number of nitrogens with zero attached hydrogens (tertiary/aromatic N) is 1. The number of carbonyl (C=O) groups is 2. The topological polar surface area (TPSA) is 75.4 Å². The third-order valence-corrected chi connectivity index (χ3v) is 4.94. The zero-order valence-electron chi connectivity index (χ0n) is 15.8. The fourth-order valence-electron chi connectivity index (χ4n) is 3.26. The van der Waals surface area contributed by atoms with Gasteiger partial charge >= 0.3 is 0 Å². The number of amides is 2. The molecule has 0 aliphatic carbocycles. The van der Waals surface area contributed by atoms with Crippen molar-refractivity contribution in [2.45, 2.75) is 51.5 Å². The van der Waals surface area contributed by atoms with Crippen LogP contribution in [0.3, 0.4) is 0 Å². The number of hydrogen-bond acceptors (Lipinski definition) is 3. The van der Waals surface area contributed by atoms with Gasteiger partial charge in [0.1, 0.15) is 5.82 Å². The van der Waals surface area contributed by atoms with Crippen LogP contribution in [-0.2, 0) is 16.1 Å². The average molecular weight is 400 g/mol. The summed E-state index contributed by atoms with van der Waals surface area (Å²) in [6.45, 7) is 2.41. The molecule has 0 atom stereocenters. The van der Waals surface area contributed by atoms with Gasteiger partial charge in [0, 0.05) is 32.0 Å². The van der Waals surface area contributed by atoms with Crippen molar-refractivity contribution in [2.24, 2.45) is 11.7 Å². The molecule has 27 heavy (non-hydrogen) atoms. The molecule has 1 aromatic rings. The van der Waals surface area contributed by atoms with Crippen LogP contribution in [0.15, 0.2) is 24.3 Å². The molecule has 1 aromatic carbocycles. The minimum Gasteiger partial charge on any atom is -0.352 e. The van der Waals surface area contributed by atoms with Crippen LogP contribution in [0.5, 0.6) is 0 Å². The number of likely N-dealkylation sites (tertiary alicyclic amines) is 1. The van der Waals surface area contributed by atoms with Crippen molar-refractivity contribution >= 4 is 24.2 Å². The standard InChI is InChI=1S/C20H30FN3O2.ClH/c21-18-8-6-16(7-9-18)15-23-20(26)17-10-13-24(14-11-17)19(25)5-3-1-2-4-12-22;/h6-9,17H,1-5,10-15,22H2,(H,23,26);1H. The molecule has 152 valence electrons. The van der Waals surface area contributed by atoms with Gasteiger partial charge < -0.3 is 16.0 Å². The number of halogens is 2. The van der Waals surface area contributed by atoms with Crippen molar-refractivity contribution in [1.29, 1.82) is 0 Å². The zero-order valence-corrected chi connectivity index (χ0v) is 16.6. The lowest BCUT2D eigenvalue weighted by atomic mass is 9.95. The summed E-state index contributed by atoms with van der Waals surface area (Å²) in [6, 6.07) is 6.12. The molecule has 3 N–H and O–H groups in total. The number of piperidine rings is 1. The van der Waals surface area contributed by atoms with Crippen LogP contribution in [0.25, 0.3) is 0 Å². The quantitative estimate of drug-likeness (QED) is 0.627. The van der Waals surface area contributed by atoms with E-state index in [2.05, 4.69) is 5.32 Å². The molecular weight excluding hydrogens is 369 g/mol. The Balaban J connectivity index is 0.00000364. The van der Waals surface area contributed by atoms with E-state index < -0.39 is 0 Å². The van der Waals surface area contributed by atoms with Gasteiger partial charge in [-0.1, -0.05) is 25.0 Å². The van der Waals surface area contributed by atoms with E-state index in [1.807, 2.05) is 4.90 Å². The first kappa shape index (κ1) is 23.4. The Morgan fingerprint density at radius 1 is 1.07 bits per heavy atom. The van der Waals surface area contributed by atoms with Gasteiger partial charge in [-0.05, 0) is 49.9 Å². The minimum absolute atomic E-state index is 0. The number of nitrogens with one attached hydrogen (secondary N) is 1. The third kappa shape index (κ3) is 8.26. The van der Waals surface area contributed by atoms with Crippen LogP contribution in [0.4, 0.5) is 4.39 Å². The Labute approximate surface area is 167 Å². The van der Waals surface area contributed by atoms with Crippen LogP contribution in [0.1, 0.15) is 50.5 Å². The number of carbonyl (C=O) groups excluding carboxylic acids is 2. The summed E-state index contributed by atoms with van der Waals surface area (Å²) in [6.07, 6.45) is 6.06. The number of nitrogens with two attached hydrogens (primary N) is 1. The maximum absolute atomic E-state index is 12.9. The molecular formula is C20H31ClFN3O2. The van der Waals surface area contributed by atoms with Crippen LogP contribution in [0, 0.1) is 11.7 Å². The van der Waals surface area contributed by atoms with Gasteiger partial charge in [-0.15, -0.1) is 12.4 Å². The Bertz CT molecular complexity index is 575. The highest BCUT2D eigenvalue weighted by molar-refractivity contribution is 5.85. The minimum atomic E-state index is -0.281. The molecule has 0 saturated carbocycles. The van der Waals surface area contributed by atoms with Crippen molar-refractivity contribution < 1.29 is 14.0 Å². The van der Waals surface area contributed by atoms with E-state index in [1.165, 1.54) is 12.1 Å². The van der Waals surface area contributed by atoms with Crippen LogP contribution in [-0.4, -0.2) is 36.3 Å². The van der Waals surface area contributed by atoms with E-state index >= 15 is 0 Å². The fourth-order valence-corrected chi connectivity index (χ4v) is 3.26. The van der Waals surface area contributed by atoms with Crippen molar-refractivity contribution in [3.05, 3.63) is 35.6 Å². The van der Waals surface area contributed by atoms with Crippen molar-refractivity contribution in [1.82, 2.24) is 10.2 Å². The second-order valence-corrected chi connectivity index (χ2v) is 6.95. The number of rotatable bonds is 9. The van der Waals surface area contributed by atoms with Crippen LogP contribution in [0.2, 0.25) is 0 Å². The molecule has 1 heterocycles. The lowest BCUT2D eigenvalue weighted by Gasteiger charge is -2.31. The Morgan fingerprint density at radius 2 is 1.70 bits per heavy atom. The Kier molecular flexibility index (Phi) is 11.0. The summed E-state index contributed by atoms with van der Waals surface area (Å²) in [7, 11) is 0. The Hall–Kier alpha value is -1.66. The predicted octanol–water partition coefficient (Wildman–Crippen LogP) is 3.01. The second kappa shape index (κ2) is 12.7. The van der Waals surface area contributed by atoms with Gasteiger partial charge in [-0.3, -0.25) is 9.59 Å². The van der Waals surface area contributed by atoms with E-state index in [0.29, 0.717) is 45.4 Å². The predicted molar refractivity (Wildman–Crippen MR) is 107 cm³/mol. The summed E-state index contributed by atoms with van der Waals surface area (Å²) in [5.74, 6) is -0.119. The maximum Gasteiger partial charge on any atom is 0.223 e. The molecule has 0 radical (unpaired) electrons. The van der Waals surface area contributed by atoms with Gasteiger partial charge in [-0.2, -0.15) is 0 Å². The van der Waals surface area contributed by atoms with E-state index in [0.717, 1.165) is 31.2 Å². The molecule has 0 unspecified atom stereocenters. The molecule has 0 bridgehead atoms. The normalized spacial score (nSPS) is 14.5. The highest BCUT2D eigenvalue weighted by Crippen LogP contribution is 2.19. The van der Waals surface area contributed by atoms with Gasteiger partial charge in [0.15, 0.2) is 0 Å². The monoisotopic (exact) mass is 399 g/mol. The first-order chi connectivity index (χ1) is 12.6. The molecule has 5 nitrogen and oxygen atoms in total. The SMILES string of the molecule is Cl.NCCCCCCC(=O)N1CCC(C(=O)NCc2ccc(F)cc2)CC1. The smallest absolute Gasteiger partial charge is 0.223 e. The second-order valence-electron chi connectivity index (χ2n) is 6.95. The number of benzene rings is 1. The number of hydrogen-bond donors (Lipinski definition) is 2. The summed E-state index contributed by atoms with van der Waals surface area (Å²) in [5.41, 5.74) is 6.34. The van der Waals surface area contributed by atoms with Crippen LogP contribution < -0.4 is 11.1 Å². The zero-order chi connectivity index (χ0) is 18.8. The van der Waals surface area contributed by atoms with E-state index in [4.69, 9.17) is 5.73 Å². The lowest BCUT2D eigenvalue weighted by molar-refractivity contribution is -0.135. The molecule has 1 fully saturated rings. The van der Waals surface area contributed by atoms with E-state index in [9.17, 15) is 14.0 Å². The molecule has 0 spiro atoms. The van der Waals surface area contributed by atoms with Gasteiger partial charge in [0.2, 0.25) is 11.8 Å². The molecule has 1 aliphatic rings. The van der Waals surface area contributed by atoms with Crippen molar-refractivity contribution in [3.8, 4) is 0 Å². The maximum atomic E-state index is 12.9. The summed E-state index contributed by atoms with van der Waals surface area (Å²) < 4.78 is 12.9.